The predicted octanol–water partition coefficient (Wildman–Crippen LogP) is 4.06. The number of rotatable bonds is 9. The van der Waals surface area contributed by atoms with Crippen LogP contribution in [0.2, 0.25) is 0 Å². The fourth-order valence-electron chi connectivity index (χ4n) is 2.83. The highest BCUT2D eigenvalue weighted by atomic mass is 16.5. The van der Waals surface area contributed by atoms with Gasteiger partial charge in [0.05, 0.1) is 27.5 Å². The van der Waals surface area contributed by atoms with E-state index in [-0.39, 0.29) is 5.91 Å². The van der Waals surface area contributed by atoms with Gasteiger partial charge in [0, 0.05) is 5.56 Å². The summed E-state index contributed by atoms with van der Waals surface area (Å²) in [4.78, 5) is 12.4. The number of carbonyl (C=O) groups excluding carboxylic acids is 1. The van der Waals surface area contributed by atoms with Crippen LogP contribution in [0.4, 0.5) is 0 Å². The predicted molar refractivity (Wildman–Crippen MR) is 118 cm³/mol. The largest absolute Gasteiger partial charge is 0.493 e. The van der Waals surface area contributed by atoms with Gasteiger partial charge in [-0.05, 0) is 47.5 Å². The van der Waals surface area contributed by atoms with E-state index in [0.29, 0.717) is 35.2 Å². The monoisotopic (exact) mass is 420 g/mol. The molecule has 0 aromatic heterocycles. The Kier molecular flexibility index (Phi) is 7.48. The second kappa shape index (κ2) is 10.7. The van der Waals surface area contributed by atoms with Crippen LogP contribution in [-0.4, -0.2) is 33.5 Å². The molecule has 0 aliphatic rings. The number of hydrogen-bond acceptors (Lipinski definition) is 6. The second-order valence-corrected chi connectivity index (χ2v) is 6.45. The molecule has 0 fully saturated rings. The lowest BCUT2D eigenvalue weighted by Gasteiger charge is -2.11. The fourth-order valence-corrected chi connectivity index (χ4v) is 2.83. The van der Waals surface area contributed by atoms with E-state index in [2.05, 4.69) is 10.5 Å². The van der Waals surface area contributed by atoms with Crippen molar-refractivity contribution in [1.82, 2.24) is 5.43 Å². The molecule has 0 radical (unpaired) electrons. The minimum Gasteiger partial charge on any atom is -0.493 e. The van der Waals surface area contributed by atoms with Gasteiger partial charge in [0.2, 0.25) is 0 Å². The van der Waals surface area contributed by atoms with Crippen molar-refractivity contribution < 1.29 is 23.7 Å². The molecule has 7 nitrogen and oxygen atoms in total. The Hall–Kier alpha value is -4.00. The minimum atomic E-state index is -0.369. The van der Waals surface area contributed by atoms with E-state index >= 15 is 0 Å². The normalized spacial score (nSPS) is 10.5. The first-order chi connectivity index (χ1) is 15.1. The Morgan fingerprint density at radius 2 is 1.52 bits per heavy atom. The summed E-state index contributed by atoms with van der Waals surface area (Å²) in [6.45, 7) is 0.411. The topological polar surface area (TPSA) is 78.4 Å². The van der Waals surface area contributed by atoms with E-state index in [9.17, 15) is 4.79 Å². The average molecular weight is 420 g/mol. The van der Waals surface area contributed by atoms with Gasteiger partial charge in [0.25, 0.3) is 5.91 Å². The number of hydrazone groups is 1. The summed E-state index contributed by atoms with van der Waals surface area (Å²) < 4.78 is 21.7. The lowest BCUT2D eigenvalue weighted by atomic mass is 10.2. The van der Waals surface area contributed by atoms with Crippen molar-refractivity contribution in [2.24, 2.45) is 5.10 Å². The second-order valence-electron chi connectivity index (χ2n) is 6.45. The standard InChI is InChI=1S/C24H24N2O5/c1-28-20-12-10-19(14-22(20)30-3)24(27)26-25-15-18-9-11-21(29-2)23(13-18)31-16-17-7-5-4-6-8-17/h4-15H,16H2,1-3H3,(H,26,27)/b25-15+. The van der Waals surface area contributed by atoms with E-state index in [4.69, 9.17) is 18.9 Å². The zero-order chi connectivity index (χ0) is 22.1. The van der Waals surface area contributed by atoms with Gasteiger partial charge < -0.3 is 18.9 Å². The van der Waals surface area contributed by atoms with Crippen molar-refractivity contribution in [3.8, 4) is 23.0 Å². The summed E-state index contributed by atoms with van der Waals surface area (Å²) in [5, 5.41) is 4.04. The van der Waals surface area contributed by atoms with E-state index < -0.39 is 0 Å². The number of methoxy groups -OCH3 is 3. The quantitative estimate of drug-likeness (QED) is 0.417. The molecule has 0 heterocycles. The highest BCUT2D eigenvalue weighted by Crippen LogP contribution is 2.29. The molecule has 0 saturated heterocycles. The molecule has 1 amide bonds. The molecule has 0 aliphatic heterocycles. The van der Waals surface area contributed by atoms with E-state index in [1.165, 1.54) is 20.4 Å². The Balaban J connectivity index is 1.67. The van der Waals surface area contributed by atoms with Crippen molar-refractivity contribution in [2.75, 3.05) is 21.3 Å². The Labute approximate surface area is 181 Å². The number of benzene rings is 3. The number of hydrogen-bond donors (Lipinski definition) is 1. The maximum atomic E-state index is 12.4. The van der Waals surface area contributed by atoms with Crippen molar-refractivity contribution in [1.29, 1.82) is 0 Å². The molecule has 3 rings (SSSR count). The summed E-state index contributed by atoms with van der Waals surface area (Å²) in [5.41, 5.74) is 4.70. The van der Waals surface area contributed by atoms with Crippen molar-refractivity contribution >= 4 is 12.1 Å². The SMILES string of the molecule is COc1ccc(C(=O)N/N=C/c2ccc(OC)c(OCc3ccccc3)c2)cc1OC. The number of nitrogens with zero attached hydrogens (tertiary/aromatic N) is 1. The molecule has 0 atom stereocenters. The molecule has 3 aromatic rings. The summed E-state index contributed by atoms with van der Waals surface area (Å²) in [7, 11) is 4.63. The highest BCUT2D eigenvalue weighted by molar-refractivity contribution is 5.95. The third-order valence-electron chi connectivity index (χ3n) is 4.45. The maximum absolute atomic E-state index is 12.4. The van der Waals surface area contributed by atoms with Gasteiger partial charge in [0.15, 0.2) is 23.0 Å². The van der Waals surface area contributed by atoms with Crippen LogP contribution >= 0.6 is 0 Å². The molecule has 0 unspecified atom stereocenters. The number of carbonyl (C=O) groups is 1. The number of nitrogens with one attached hydrogen (secondary N) is 1. The molecule has 0 spiro atoms. The Morgan fingerprint density at radius 1 is 0.839 bits per heavy atom. The van der Waals surface area contributed by atoms with Gasteiger partial charge in [-0.1, -0.05) is 30.3 Å². The van der Waals surface area contributed by atoms with Gasteiger partial charge in [0.1, 0.15) is 6.61 Å². The first-order valence-electron chi connectivity index (χ1n) is 9.54. The third kappa shape index (κ3) is 5.76. The number of ether oxygens (including phenoxy) is 4. The van der Waals surface area contributed by atoms with Gasteiger partial charge in [-0.15, -0.1) is 0 Å². The average Bonchev–Trinajstić information content (AvgIpc) is 2.82. The summed E-state index contributed by atoms with van der Waals surface area (Å²) >= 11 is 0. The third-order valence-corrected chi connectivity index (χ3v) is 4.45. The van der Waals surface area contributed by atoms with Crippen LogP contribution in [0.5, 0.6) is 23.0 Å². The zero-order valence-corrected chi connectivity index (χ0v) is 17.6. The summed E-state index contributed by atoms with van der Waals surface area (Å²) in [6.07, 6.45) is 1.54. The molecule has 31 heavy (non-hydrogen) atoms. The highest BCUT2D eigenvalue weighted by Gasteiger charge is 2.10. The molecule has 160 valence electrons. The van der Waals surface area contributed by atoms with Gasteiger partial charge in [-0.25, -0.2) is 5.43 Å². The molecule has 0 bridgehead atoms. The fraction of sp³-hybridized carbons (Fsp3) is 0.167. The van der Waals surface area contributed by atoms with Crippen LogP contribution in [-0.2, 0) is 6.61 Å². The van der Waals surface area contributed by atoms with Crippen molar-refractivity contribution in [2.45, 2.75) is 6.61 Å². The zero-order valence-electron chi connectivity index (χ0n) is 17.6. The molecule has 3 aromatic carbocycles. The van der Waals surface area contributed by atoms with E-state index in [1.807, 2.05) is 36.4 Å². The first kappa shape index (κ1) is 21.7. The molecule has 0 aliphatic carbocycles. The van der Waals surface area contributed by atoms with E-state index in [0.717, 1.165) is 11.1 Å². The smallest absolute Gasteiger partial charge is 0.271 e. The van der Waals surface area contributed by atoms with Crippen LogP contribution in [0.1, 0.15) is 21.5 Å². The van der Waals surface area contributed by atoms with Crippen molar-refractivity contribution in [3.05, 3.63) is 83.4 Å². The van der Waals surface area contributed by atoms with Crippen molar-refractivity contribution in [3.63, 3.8) is 0 Å². The Bertz CT molecular complexity index is 1050. The van der Waals surface area contributed by atoms with E-state index in [1.54, 1.807) is 37.4 Å². The van der Waals surface area contributed by atoms with Gasteiger partial charge in [-0.3, -0.25) is 4.79 Å². The van der Waals surface area contributed by atoms with Crippen LogP contribution < -0.4 is 24.4 Å². The summed E-state index contributed by atoms with van der Waals surface area (Å²) in [6, 6.07) is 20.1. The van der Waals surface area contributed by atoms with Crippen LogP contribution in [0.25, 0.3) is 0 Å². The lowest BCUT2D eigenvalue weighted by molar-refractivity contribution is 0.0954. The van der Waals surface area contributed by atoms with Crippen LogP contribution in [0, 0.1) is 0 Å². The molecular weight excluding hydrogens is 396 g/mol. The number of amides is 1. The minimum absolute atomic E-state index is 0.369. The lowest BCUT2D eigenvalue weighted by Crippen LogP contribution is -2.17. The molecule has 1 N–H and O–H groups in total. The summed E-state index contributed by atoms with van der Waals surface area (Å²) in [5.74, 6) is 1.84. The molecule has 7 heteroatoms. The van der Waals surface area contributed by atoms with Crippen LogP contribution in [0.3, 0.4) is 0 Å². The Morgan fingerprint density at radius 3 is 2.23 bits per heavy atom. The molecule has 0 saturated carbocycles. The molecular formula is C24H24N2O5. The van der Waals surface area contributed by atoms with Crippen LogP contribution in [0.15, 0.2) is 71.8 Å². The van der Waals surface area contributed by atoms with Gasteiger partial charge >= 0.3 is 0 Å². The maximum Gasteiger partial charge on any atom is 0.271 e. The van der Waals surface area contributed by atoms with Gasteiger partial charge in [-0.2, -0.15) is 5.10 Å². The first-order valence-corrected chi connectivity index (χ1v) is 9.54.